The summed E-state index contributed by atoms with van der Waals surface area (Å²) in [5.41, 5.74) is 4.80. The van der Waals surface area contributed by atoms with Gasteiger partial charge in [-0.1, -0.05) is 23.5 Å². The molecule has 4 heteroatoms. The van der Waals surface area contributed by atoms with Crippen molar-refractivity contribution in [2.45, 2.75) is 37.5 Å². The van der Waals surface area contributed by atoms with Crippen molar-refractivity contribution in [3.63, 3.8) is 0 Å². The topological polar surface area (TPSA) is 24.7 Å². The van der Waals surface area contributed by atoms with Crippen LogP contribution in [0.25, 0.3) is 10.8 Å². The molecule has 0 spiro atoms. The van der Waals surface area contributed by atoms with Crippen LogP contribution in [0.4, 0.5) is 11.4 Å². The molecule has 0 N–H and O–H groups in total. The molecular formula is C16H14N2S2. The quantitative estimate of drug-likeness (QED) is 0.617. The fourth-order valence-electron chi connectivity index (χ4n) is 2.92. The highest BCUT2D eigenvalue weighted by molar-refractivity contribution is 8.14. The van der Waals surface area contributed by atoms with Crippen LogP contribution in [0.3, 0.4) is 0 Å². The Kier molecular flexibility index (Phi) is 2.57. The molecule has 0 saturated carbocycles. The number of thioether (sulfide) groups is 2. The van der Waals surface area contributed by atoms with Gasteiger partial charge in [0.15, 0.2) is 0 Å². The second kappa shape index (κ2) is 4.12. The van der Waals surface area contributed by atoms with E-state index in [1.165, 1.54) is 31.7 Å². The van der Waals surface area contributed by atoms with Crippen LogP contribution in [-0.2, 0) is 0 Å². The first-order valence-electron chi connectivity index (χ1n) is 6.62. The maximum absolute atomic E-state index is 4.75. The third-order valence-corrected chi connectivity index (χ3v) is 5.93. The van der Waals surface area contributed by atoms with Crippen molar-refractivity contribution in [1.82, 2.24) is 0 Å². The number of benzene rings is 2. The molecule has 2 aromatic rings. The largest absolute Gasteiger partial charge is 0.246 e. The summed E-state index contributed by atoms with van der Waals surface area (Å²) in [6.07, 6.45) is 0. The van der Waals surface area contributed by atoms with E-state index in [1.807, 2.05) is 0 Å². The van der Waals surface area contributed by atoms with Crippen LogP contribution >= 0.6 is 23.5 Å². The molecule has 4 rings (SSSR count). The van der Waals surface area contributed by atoms with Gasteiger partial charge < -0.3 is 0 Å². The number of hydrogen-bond acceptors (Lipinski definition) is 4. The predicted octanol–water partition coefficient (Wildman–Crippen LogP) is 5.77. The van der Waals surface area contributed by atoms with E-state index in [4.69, 9.17) is 9.98 Å². The van der Waals surface area contributed by atoms with E-state index in [1.54, 1.807) is 23.5 Å². The minimum atomic E-state index is 1.10. The molecule has 2 nitrogen and oxygen atoms in total. The lowest BCUT2D eigenvalue weighted by Gasteiger charge is -2.23. The zero-order valence-corrected chi connectivity index (χ0v) is 13.5. The summed E-state index contributed by atoms with van der Waals surface area (Å²) >= 11 is 3.56. The molecule has 0 amide bonds. The Morgan fingerprint density at radius 3 is 1.50 bits per heavy atom. The second-order valence-electron chi connectivity index (χ2n) is 5.30. The zero-order chi connectivity index (χ0) is 14.0. The van der Waals surface area contributed by atoms with Crippen molar-refractivity contribution < 1.29 is 0 Å². The maximum Gasteiger partial charge on any atom is 0.0755 e. The summed E-state index contributed by atoms with van der Waals surface area (Å²) in [5, 5.41) is 4.82. The smallest absolute Gasteiger partial charge is 0.0755 e. The summed E-state index contributed by atoms with van der Waals surface area (Å²) in [7, 11) is 0. The van der Waals surface area contributed by atoms with Crippen LogP contribution in [0.2, 0.25) is 0 Å². The molecule has 0 aromatic heterocycles. The third kappa shape index (κ3) is 1.61. The van der Waals surface area contributed by atoms with Crippen molar-refractivity contribution in [3.8, 4) is 0 Å². The summed E-state index contributed by atoms with van der Waals surface area (Å²) in [4.78, 5) is 12.2. The van der Waals surface area contributed by atoms with Gasteiger partial charge in [0.05, 0.1) is 21.5 Å². The fraction of sp³-hybridized carbons (Fsp3) is 0.250. The standard InChI is InChI=1S/C16H14N2S2/c1-7-5-11-14-13-12(18-9(3)19-15(7)13)6-8(2)16(14)20-10(4)17-11/h5-6H,1-4H3. The molecule has 2 heterocycles. The lowest BCUT2D eigenvalue weighted by Crippen LogP contribution is -2.00. The van der Waals surface area contributed by atoms with E-state index in [0.29, 0.717) is 0 Å². The van der Waals surface area contributed by atoms with Crippen molar-refractivity contribution in [2.75, 3.05) is 0 Å². The van der Waals surface area contributed by atoms with Crippen LogP contribution in [0, 0.1) is 13.8 Å². The van der Waals surface area contributed by atoms with Crippen molar-refractivity contribution in [2.24, 2.45) is 9.98 Å². The van der Waals surface area contributed by atoms with Gasteiger partial charge in [-0.25, -0.2) is 9.98 Å². The molecular weight excluding hydrogens is 284 g/mol. The Bertz CT molecular complexity index is 776. The molecule has 2 aromatic carbocycles. The highest BCUT2D eigenvalue weighted by atomic mass is 32.2. The van der Waals surface area contributed by atoms with Gasteiger partial charge >= 0.3 is 0 Å². The van der Waals surface area contributed by atoms with Gasteiger partial charge in [-0.2, -0.15) is 0 Å². The summed E-state index contributed by atoms with van der Waals surface area (Å²) in [6.45, 7) is 8.51. The van der Waals surface area contributed by atoms with Gasteiger partial charge in [-0.15, -0.1) is 0 Å². The van der Waals surface area contributed by atoms with E-state index in [2.05, 4.69) is 39.8 Å². The van der Waals surface area contributed by atoms with Crippen LogP contribution in [0.1, 0.15) is 25.0 Å². The highest BCUT2D eigenvalue weighted by Crippen LogP contribution is 2.51. The SMILES string of the molecule is CC1=Nc2cc(C)c3c4c(cc(C)c(c24)S1)N=C(C)S3. The Hall–Kier alpha value is -1.26. The van der Waals surface area contributed by atoms with Crippen LogP contribution in [0.15, 0.2) is 31.9 Å². The molecule has 0 aliphatic carbocycles. The number of aliphatic imine (C=N–C) groups is 2. The summed E-state index contributed by atoms with van der Waals surface area (Å²) in [5.74, 6) is 0. The Balaban J connectivity index is 2.27. The summed E-state index contributed by atoms with van der Waals surface area (Å²) < 4.78 is 0. The average molecular weight is 298 g/mol. The molecule has 0 fully saturated rings. The normalized spacial score (nSPS) is 16.2. The van der Waals surface area contributed by atoms with Crippen molar-refractivity contribution in [1.29, 1.82) is 0 Å². The number of hydrogen-bond donors (Lipinski definition) is 0. The van der Waals surface area contributed by atoms with Gasteiger partial charge in [-0.3, -0.25) is 0 Å². The maximum atomic E-state index is 4.75. The zero-order valence-electron chi connectivity index (χ0n) is 11.9. The molecule has 100 valence electrons. The van der Waals surface area contributed by atoms with E-state index < -0.39 is 0 Å². The minimum absolute atomic E-state index is 1.10. The molecule has 2 aliphatic rings. The van der Waals surface area contributed by atoms with Gasteiger partial charge in [0.2, 0.25) is 0 Å². The number of aryl methyl sites for hydroxylation is 2. The first-order chi connectivity index (χ1) is 9.54. The monoisotopic (exact) mass is 298 g/mol. The Labute approximate surface area is 126 Å². The molecule has 2 aliphatic heterocycles. The Morgan fingerprint density at radius 1 is 0.700 bits per heavy atom. The van der Waals surface area contributed by atoms with E-state index >= 15 is 0 Å². The Morgan fingerprint density at radius 2 is 1.10 bits per heavy atom. The van der Waals surface area contributed by atoms with E-state index in [-0.39, 0.29) is 0 Å². The van der Waals surface area contributed by atoms with E-state index in [0.717, 1.165) is 21.5 Å². The highest BCUT2D eigenvalue weighted by Gasteiger charge is 2.24. The molecule has 0 atom stereocenters. The second-order valence-corrected chi connectivity index (χ2v) is 7.71. The van der Waals surface area contributed by atoms with Crippen LogP contribution in [0.5, 0.6) is 0 Å². The molecule has 0 bridgehead atoms. The van der Waals surface area contributed by atoms with E-state index in [9.17, 15) is 0 Å². The van der Waals surface area contributed by atoms with Gasteiger partial charge in [0, 0.05) is 20.6 Å². The lowest BCUT2D eigenvalue weighted by molar-refractivity contribution is 1.27. The number of nitrogens with zero attached hydrogens (tertiary/aromatic N) is 2. The molecule has 20 heavy (non-hydrogen) atoms. The third-order valence-electron chi connectivity index (χ3n) is 3.69. The predicted molar refractivity (Wildman–Crippen MR) is 90.7 cm³/mol. The van der Waals surface area contributed by atoms with Crippen molar-refractivity contribution >= 4 is 55.8 Å². The van der Waals surface area contributed by atoms with Gasteiger partial charge in [0.25, 0.3) is 0 Å². The number of rotatable bonds is 0. The summed E-state index contributed by atoms with van der Waals surface area (Å²) in [6, 6.07) is 4.44. The fourth-order valence-corrected chi connectivity index (χ4v) is 4.85. The molecule has 0 radical (unpaired) electrons. The van der Waals surface area contributed by atoms with Crippen LogP contribution < -0.4 is 0 Å². The minimum Gasteiger partial charge on any atom is -0.246 e. The van der Waals surface area contributed by atoms with Gasteiger partial charge in [0.1, 0.15) is 0 Å². The first kappa shape index (κ1) is 12.5. The van der Waals surface area contributed by atoms with Gasteiger partial charge in [-0.05, 0) is 51.0 Å². The molecule has 0 unspecified atom stereocenters. The first-order valence-corrected chi connectivity index (χ1v) is 8.25. The lowest BCUT2D eigenvalue weighted by atomic mass is 10.0. The average Bonchev–Trinajstić information content (AvgIpc) is 2.37. The molecule has 0 saturated heterocycles. The van der Waals surface area contributed by atoms with Crippen LogP contribution in [-0.4, -0.2) is 10.1 Å². The van der Waals surface area contributed by atoms with Crippen molar-refractivity contribution in [3.05, 3.63) is 23.3 Å².